The van der Waals surface area contributed by atoms with E-state index in [1.54, 1.807) is 6.20 Å². The Balaban J connectivity index is 0.00000288. The van der Waals surface area contributed by atoms with Gasteiger partial charge in [0.05, 0.1) is 12.2 Å². The number of amides is 2. The van der Waals surface area contributed by atoms with E-state index in [1.807, 2.05) is 25.1 Å². The molecule has 1 aliphatic rings. The maximum atomic E-state index is 11.7. The van der Waals surface area contributed by atoms with E-state index in [2.05, 4.69) is 20.6 Å². The molecular formula is C16H24IN5O2. The Bertz CT molecular complexity index is 549. The summed E-state index contributed by atoms with van der Waals surface area (Å²) in [7, 11) is 0. The van der Waals surface area contributed by atoms with Crippen LogP contribution in [0.1, 0.15) is 31.9 Å². The van der Waals surface area contributed by atoms with Crippen LogP contribution in [-0.4, -0.2) is 47.3 Å². The Morgan fingerprint density at radius 1 is 1.25 bits per heavy atom. The lowest BCUT2D eigenvalue weighted by Crippen LogP contribution is -2.46. The zero-order valence-electron chi connectivity index (χ0n) is 13.8. The summed E-state index contributed by atoms with van der Waals surface area (Å²) in [5.41, 5.74) is 0.881. The molecule has 0 aromatic carbocycles. The second-order valence-electron chi connectivity index (χ2n) is 5.24. The molecular weight excluding hydrogens is 421 g/mol. The van der Waals surface area contributed by atoms with Gasteiger partial charge in [-0.3, -0.25) is 19.5 Å². The van der Waals surface area contributed by atoms with Gasteiger partial charge in [-0.1, -0.05) is 6.07 Å². The number of piperidine rings is 1. The number of hydrogen-bond acceptors (Lipinski definition) is 4. The molecule has 1 aromatic heterocycles. The molecule has 0 bridgehead atoms. The molecule has 2 N–H and O–H groups in total. The number of rotatable bonds is 6. The van der Waals surface area contributed by atoms with Crippen molar-refractivity contribution < 1.29 is 9.59 Å². The Hall–Kier alpha value is -1.71. The standard InChI is InChI=1S/C16H23N5O2.HI/c1-2-17-16(20-12-13-6-3-4-9-18-13)19-10-11-21-14(22)7-5-8-15(21)23;/h3-4,6,9H,2,5,7-8,10-12H2,1H3,(H2,17,19,20);1H. The molecule has 0 unspecified atom stereocenters. The highest BCUT2D eigenvalue weighted by molar-refractivity contribution is 14.0. The van der Waals surface area contributed by atoms with E-state index in [4.69, 9.17) is 0 Å². The monoisotopic (exact) mass is 445 g/mol. The molecule has 24 heavy (non-hydrogen) atoms. The Morgan fingerprint density at radius 3 is 2.62 bits per heavy atom. The summed E-state index contributed by atoms with van der Waals surface area (Å²) in [5, 5.41) is 6.28. The highest BCUT2D eigenvalue weighted by Crippen LogP contribution is 2.11. The van der Waals surface area contributed by atoms with Crippen LogP contribution in [0.15, 0.2) is 29.4 Å². The Labute approximate surface area is 159 Å². The van der Waals surface area contributed by atoms with E-state index in [0.29, 0.717) is 44.9 Å². The minimum atomic E-state index is -0.0847. The van der Waals surface area contributed by atoms with E-state index in [1.165, 1.54) is 4.90 Å². The topological polar surface area (TPSA) is 86.7 Å². The van der Waals surface area contributed by atoms with Gasteiger partial charge in [0, 0.05) is 38.7 Å². The number of carbonyl (C=O) groups is 2. The number of guanidine groups is 1. The zero-order chi connectivity index (χ0) is 16.5. The van der Waals surface area contributed by atoms with E-state index in [0.717, 1.165) is 12.2 Å². The molecule has 2 heterocycles. The number of aliphatic imine (C=N–C) groups is 1. The molecule has 2 amide bonds. The minimum absolute atomic E-state index is 0. The van der Waals surface area contributed by atoms with Gasteiger partial charge in [-0.2, -0.15) is 0 Å². The Kier molecular flexibility index (Phi) is 9.28. The van der Waals surface area contributed by atoms with Gasteiger partial charge < -0.3 is 10.6 Å². The summed E-state index contributed by atoms with van der Waals surface area (Å²) in [5.74, 6) is 0.479. The van der Waals surface area contributed by atoms with Crippen molar-refractivity contribution in [3.8, 4) is 0 Å². The predicted octanol–water partition coefficient (Wildman–Crippen LogP) is 1.29. The molecule has 0 radical (unpaired) electrons. The van der Waals surface area contributed by atoms with Crippen molar-refractivity contribution >= 4 is 41.8 Å². The van der Waals surface area contributed by atoms with Crippen LogP contribution >= 0.6 is 24.0 Å². The molecule has 0 aliphatic carbocycles. The van der Waals surface area contributed by atoms with Gasteiger partial charge in [0.1, 0.15) is 0 Å². The third kappa shape index (κ3) is 6.42. The van der Waals surface area contributed by atoms with Gasteiger partial charge in [0.25, 0.3) is 0 Å². The number of imide groups is 1. The van der Waals surface area contributed by atoms with Crippen molar-refractivity contribution in [3.63, 3.8) is 0 Å². The van der Waals surface area contributed by atoms with Crippen LogP contribution in [0.4, 0.5) is 0 Å². The van der Waals surface area contributed by atoms with Crippen molar-refractivity contribution in [1.29, 1.82) is 0 Å². The Morgan fingerprint density at radius 2 is 2.00 bits per heavy atom. The molecule has 132 valence electrons. The molecule has 1 saturated heterocycles. The van der Waals surface area contributed by atoms with Crippen LogP contribution in [0.2, 0.25) is 0 Å². The molecule has 0 saturated carbocycles. The number of aromatic nitrogens is 1. The number of pyridine rings is 1. The fraction of sp³-hybridized carbons (Fsp3) is 0.500. The van der Waals surface area contributed by atoms with Crippen molar-refractivity contribution in [2.45, 2.75) is 32.7 Å². The minimum Gasteiger partial charge on any atom is -0.357 e. The highest BCUT2D eigenvalue weighted by Gasteiger charge is 2.25. The van der Waals surface area contributed by atoms with Crippen molar-refractivity contribution in [2.24, 2.45) is 4.99 Å². The van der Waals surface area contributed by atoms with Crippen LogP contribution in [0, 0.1) is 0 Å². The van der Waals surface area contributed by atoms with Crippen molar-refractivity contribution in [1.82, 2.24) is 20.5 Å². The lowest BCUT2D eigenvalue weighted by Gasteiger charge is -2.25. The van der Waals surface area contributed by atoms with Gasteiger partial charge in [0.15, 0.2) is 5.96 Å². The lowest BCUT2D eigenvalue weighted by molar-refractivity contribution is -0.147. The number of carbonyl (C=O) groups excluding carboxylic acids is 2. The summed E-state index contributed by atoms with van der Waals surface area (Å²) < 4.78 is 0. The summed E-state index contributed by atoms with van der Waals surface area (Å²) in [6, 6.07) is 5.70. The first-order valence-electron chi connectivity index (χ1n) is 7.96. The van der Waals surface area contributed by atoms with Crippen molar-refractivity contribution in [2.75, 3.05) is 19.6 Å². The van der Waals surface area contributed by atoms with Gasteiger partial charge in [0.2, 0.25) is 11.8 Å². The first-order valence-corrected chi connectivity index (χ1v) is 7.96. The molecule has 1 aliphatic heterocycles. The molecule has 1 fully saturated rings. The molecule has 2 rings (SSSR count). The number of nitrogens with zero attached hydrogens (tertiary/aromatic N) is 3. The van der Waals surface area contributed by atoms with E-state index < -0.39 is 0 Å². The molecule has 8 heteroatoms. The average molecular weight is 445 g/mol. The summed E-state index contributed by atoms with van der Waals surface area (Å²) >= 11 is 0. The second-order valence-corrected chi connectivity index (χ2v) is 5.24. The van der Waals surface area contributed by atoms with E-state index in [9.17, 15) is 9.59 Å². The molecule has 0 atom stereocenters. The molecule has 1 aromatic rings. The lowest BCUT2D eigenvalue weighted by atomic mass is 10.1. The van der Waals surface area contributed by atoms with E-state index >= 15 is 0 Å². The zero-order valence-corrected chi connectivity index (χ0v) is 16.2. The van der Waals surface area contributed by atoms with Gasteiger partial charge in [-0.15, -0.1) is 24.0 Å². The number of nitrogens with one attached hydrogen (secondary N) is 2. The highest BCUT2D eigenvalue weighted by atomic mass is 127. The quantitative estimate of drug-likeness (QED) is 0.298. The van der Waals surface area contributed by atoms with Crippen LogP contribution in [0.3, 0.4) is 0 Å². The van der Waals surface area contributed by atoms with Crippen LogP contribution in [-0.2, 0) is 16.1 Å². The molecule has 0 spiro atoms. The first kappa shape index (κ1) is 20.3. The summed E-state index contributed by atoms with van der Waals surface area (Å²) in [6.45, 7) is 4.03. The van der Waals surface area contributed by atoms with Crippen LogP contribution in [0.5, 0.6) is 0 Å². The fourth-order valence-corrected chi connectivity index (χ4v) is 2.33. The summed E-state index contributed by atoms with van der Waals surface area (Å²) in [6.07, 6.45) is 3.31. The smallest absolute Gasteiger partial charge is 0.229 e. The number of likely N-dealkylation sites (tertiary alicyclic amines) is 1. The van der Waals surface area contributed by atoms with Crippen molar-refractivity contribution in [3.05, 3.63) is 30.1 Å². The van der Waals surface area contributed by atoms with Crippen LogP contribution in [0.25, 0.3) is 0 Å². The maximum Gasteiger partial charge on any atom is 0.229 e. The SMILES string of the molecule is CCNC(=NCc1ccccn1)NCCN1C(=O)CCCC1=O.I. The van der Waals surface area contributed by atoms with Gasteiger partial charge in [-0.25, -0.2) is 4.99 Å². The fourth-order valence-electron chi connectivity index (χ4n) is 2.33. The normalized spacial score (nSPS) is 15.0. The first-order chi connectivity index (χ1) is 11.2. The third-order valence-corrected chi connectivity index (χ3v) is 3.48. The number of hydrogen-bond donors (Lipinski definition) is 2. The third-order valence-electron chi connectivity index (χ3n) is 3.48. The molecule has 7 nitrogen and oxygen atoms in total. The number of halogens is 1. The van der Waals surface area contributed by atoms with Gasteiger partial charge >= 0.3 is 0 Å². The largest absolute Gasteiger partial charge is 0.357 e. The maximum absolute atomic E-state index is 11.7. The van der Waals surface area contributed by atoms with Crippen LogP contribution < -0.4 is 10.6 Å². The van der Waals surface area contributed by atoms with E-state index in [-0.39, 0.29) is 35.8 Å². The predicted molar refractivity (Wildman–Crippen MR) is 103 cm³/mol. The average Bonchev–Trinajstić information content (AvgIpc) is 2.56. The van der Waals surface area contributed by atoms with Gasteiger partial charge in [-0.05, 0) is 25.5 Å². The second kappa shape index (κ2) is 11.0. The summed E-state index contributed by atoms with van der Waals surface area (Å²) in [4.78, 5) is 33.5.